The minimum Gasteiger partial charge on any atom is -0.507 e. The number of alkyl halides is 1. The van der Waals surface area contributed by atoms with Crippen LogP contribution in [0.2, 0.25) is 4.34 Å². The summed E-state index contributed by atoms with van der Waals surface area (Å²) in [5, 5.41) is 20.8. The Balaban J connectivity index is 1.83. The fourth-order valence-electron chi connectivity index (χ4n) is 2.84. The lowest BCUT2D eigenvalue weighted by Crippen LogP contribution is -2.08. The van der Waals surface area contributed by atoms with E-state index in [2.05, 4.69) is 15.9 Å². The molecule has 0 radical (unpaired) electrons. The van der Waals surface area contributed by atoms with E-state index in [-0.39, 0.29) is 43.2 Å². The van der Waals surface area contributed by atoms with Crippen molar-refractivity contribution in [2.45, 2.75) is 16.4 Å². The lowest BCUT2D eigenvalue weighted by atomic mass is 10.1. The van der Waals surface area contributed by atoms with Gasteiger partial charge in [0.25, 0.3) is 0 Å². The summed E-state index contributed by atoms with van der Waals surface area (Å²) in [4.78, 5) is 12.0. The molecule has 11 heteroatoms. The van der Waals surface area contributed by atoms with Crippen LogP contribution in [0.15, 0.2) is 46.7 Å². The van der Waals surface area contributed by atoms with E-state index < -0.39 is 33.1 Å². The number of phenolic OH excluding ortho intramolecular Hbond substituents is 2. The summed E-state index contributed by atoms with van der Waals surface area (Å²) >= 11 is 10.2. The summed E-state index contributed by atoms with van der Waals surface area (Å²) in [6.07, 6.45) is 0.613. The molecule has 2 N–H and O–H groups in total. The molecule has 6 nitrogen and oxygen atoms in total. The number of aromatic hydroxyl groups is 2. The van der Waals surface area contributed by atoms with Crippen LogP contribution in [0.1, 0.15) is 22.3 Å². The second-order valence-corrected chi connectivity index (χ2v) is 11.4. The molecule has 32 heavy (non-hydrogen) atoms. The second kappa shape index (κ2) is 10.2. The van der Waals surface area contributed by atoms with E-state index in [0.29, 0.717) is 11.8 Å². The van der Waals surface area contributed by atoms with Crippen molar-refractivity contribution in [2.75, 3.05) is 11.9 Å². The Bertz CT molecular complexity index is 1260. The van der Waals surface area contributed by atoms with Crippen LogP contribution in [0.5, 0.6) is 11.5 Å². The molecule has 1 aromatic heterocycles. The minimum atomic E-state index is -3.89. The molecular formula is C21H17BrClFO6S2. The number of carbonyl (C=O) groups excluding carboxylic acids is 1. The molecule has 1 heterocycles. The van der Waals surface area contributed by atoms with Crippen molar-refractivity contribution in [1.29, 1.82) is 0 Å². The maximum absolute atomic E-state index is 13.6. The van der Waals surface area contributed by atoms with Gasteiger partial charge in [-0.15, -0.1) is 11.3 Å². The van der Waals surface area contributed by atoms with Gasteiger partial charge < -0.3 is 14.9 Å². The molecule has 0 unspecified atom stereocenters. The van der Waals surface area contributed by atoms with Crippen molar-refractivity contribution in [2.24, 2.45) is 0 Å². The highest BCUT2D eigenvalue weighted by Gasteiger charge is 2.23. The number of phenols is 2. The first-order chi connectivity index (χ1) is 15.1. The molecule has 0 aliphatic rings. The van der Waals surface area contributed by atoms with Crippen LogP contribution in [0.25, 0.3) is 11.1 Å². The molecule has 0 bridgehead atoms. The molecule has 0 fully saturated rings. The maximum Gasteiger partial charge on any atom is 0.341 e. The molecule has 0 saturated carbocycles. The van der Waals surface area contributed by atoms with Crippen LogP contribution < -0.4 is 0 Å². The van der Waals surface area contributed by atoms with Crippen molar-refractivity contribution >= 4 is 54.7 Å². The summed E-state index contributed by atoms with van der Waals surface area (Å²) < 4.78 is 44.4. The van der Waals surface area contributed by atoms with Crippen molar-refractivity contribution in [3.8, 4) is 22.6 Å². The van der Waals surface area contributed by atoms with Crippen molar-refractivity contribution in [3.05, 3.63) is 63.7 Å². The topological polar surface area (TPSA) is 101 Å². The number of ether oxygens (including phenoxy) is 1. The monoisotopic (exact) mass is 562 g/mol. The number of benzene rings is 2. The van der Waals surface area contributed by atoms with Crippen molar-refractivity contribution in [3.63, 3.8) is 0 Å². The normalized spacial score (nSPS) is 11.5. The van der Waals surface area contributed by atoms with Gasteiger partial charge >= 0.3 is 5.97 Å². The first-order valence-corrected chi connectivity index (χ1v) is 13.1. The third kappa shape index (κ3) is 5.61. The fourth-order valence-corrected chi connectivity index (χ4v) is 6.23. The molecule has 0 aliphatic heterocycles. The average molecular weight is 564 g/mol. The number of thiophene rings is 1. The lowest BCUT2D eigenvalue weighted by molar-refractivity contribution is 0.0503. The summed E-state index contributed by atoms with van der Waals surface area (Å²) in [5.74, 6) is -2.41. The molecule has 3 aromatic rings. The lowest BCUT2D eigenvalue weighted by Gasteiger charge is -2.08. The quantitative estimate of drug-likeness (QED) is 0.212. The van der Waals surface area contributed by atoms with Crippen LogP contribution >= 0.6 is 38.9 Å². The summed E-state index contributed by atoms with van der Waals surface area (Å²) in [5.41, 5.74) is 0.452. The van der Waals surface area contributed by atoms with E-state index in [0.717, 1.165) is 29.5 Å². The first-order valence-electron chi connectivity index (χ1n) is 9.18. The predicted molar refractivity (Wildman–Crippen MR) is 124 cm³/mol. The predicted octanol–water partition coefficient (Wildman–Crippen LogP) is 5.53. The van der Waals surface area contributed by atoms with E-state index in [1.165, 1.54) is 24.3 Å². The van der Waals surface area contributed by atoms with E-state index in [4.69, 9.17) is 16.3 Å². The van der Waals surface area contributed by atoms with Gasteiger partial charge in [0, 0.05) is 16.5 Å². The van der Waals surface area contributed by atoms with E-state index in [1.807, 2.05) is 0 Å². The minimum absolute atomic E-state index is 0.0660. The first kappa shape index (κ1) is 24.5. The van der Waals surface area contributed by atoms with Crippen LogP contribution in [0, 0.1) is 5.82 Å². The molecule has 0 aliphatic carbocycles. The number of hydrogen-bond acceptors (Lipinski definition) is 7. The number of hydrogen-bond donors (Lipinski definition) is 2. The zero-order chi connectivity index (χ0) is 23.5. The Morgan fingerprint density at radius 2 is 1.84 bits per heavy atom. The standard InChI is InChI=1S/C21H17BrClFO6S2/c22-6-1-7-30-21(27)14-4-2-12(8-18(14)26)11-32(28,29)19-10-16(20(23)31-19)15-9-13(24)3-5-17(15)25/h2-5,8-10,25-26H,1,6-7,11H2. The Labute approximate surface area is 201 Å². The van der Waals surface area contributed by atoms with Gasteiger partial charge in [0.15, 0.2) is 9.84 Å². The molecule has 3 rings (SSSR count). The molecule has 170 valence electrons. The van der Waals surface area contributed by atoms with E-state index in [1.54, 1.807) is 0 Å². The Morgan fingerprint density at radius 3 is 2.53 bits per heavy atom. The Morgan fingerprint density at radius 1 is 1.09 bits per heavy atom. The SMILES string of the molecule is O=C(OCCCBr)c1ccc(CS(=O)(=O)c2cc(-c3cc(F)ccc3O)c(Cl)s2)cc1O. The van der Waals surface area contributed by atoms with Gasteiger partial charge in [-0.3, -0.25) is 0 Å². The van der Waals surface area contributed by atoms with E-state index in [9.17, 15) is 27.8 Å². The number of esters is 1. The number of sulfone groups is 1. The highest BCUT2D eigenvalue weighted by molar-refractivity contribution is 9.09. The summed E-state index contributed by atoms with van der Waals surface area (Å²) in [6, 6.07) is 8.46. The van der Waals surface area contributed by atoms with Crippen molar-refractivity contribution < 1.29 is 32.6 Å². The highest BCUT2D eigenvalue weighted by atomic mass is 79.9. The highest BCUT2D eigenvalue weighted by Crippen LogP contribution is 2.42. The third-order valence-electron chi connectivity index (χ3n) is 4.37. The molecule has 0 spiro atoms. The molecule has 0 amide bonds. The van der Waals surface area contributed by atoms with Gasteiger partial charge in [-0.05, 0) is 48.4 Å². The van der Waals surface area contributed by atoms with Gasteiger partial charge in [-0.25, -0.2) is 17.6 Å². The average Bonchev–Trinajstić information content (AvgIpc) is 3.12. The Hall–Kier alpha value is -2.14. The van der Waals surface area contributed by atoms with Gasteiger partial charge in [-0.1, -0.05) is 33.6 Å². The molecule has 2 aromatic carbocycles. The van der Waals surface area contributed by atoms with Gasteiger partial charge in [-0.2, -0.15) is 0 Å². The van der Waals surface area contributed by atoms with Crippen molar-refractivity contribution in [1.82, 2.24) is 0 Å². The number of halogens is 3. The molecule has 0 atom stereocenters. The maximum atomic E-state index is 13.6. The van der Waals surface area contributed by atoms with E-state index >= 15 is 0 Å². The van der Waals surface area contributed by atoms with Crippen LogP contribution in [-0.2, 0) is 20.3 Å². The number of carbonyl (C=O) groups is 1. The Kier molecular flexibility index (Phi) is 7.81. The van der Waals surface area contributed by atoms with Crippen LogP contribution in [0.4, 0.5) is 4.39 Å². The van der Waals surface area contributed by atoms with Gasteiger partial charge in [0.2, 0.25) is 0 Å². The molecule has 0 saturated heterocycles. The second-order valence-electron chi connectivity index (χ2n) is 6.70. The summed E-state index contributed by atoms with van der Waals surface area (Å²) in [7, 11) is -3.89. The fraction of sp³-hybridized carbons (Fsp3) is 0.190. The zero-order valence-electron chi connectivity index (χ0n) is 16.3. The smallest absolute Gasteiger partial charge is 0.341 e. The van der Waals surface area contributed by atoms with Crippen LogP contribution in [0.3, 0.4) is 0 Å². The third-order valence-corrected chi connectivity index (χ3v) is 8.54. The van der Waals surface area contributed by atoms with Crippen LogP contribution in [-0.4, -0.2) is 36.5 Å². The zero-order valence-corrected chi connectivity index (χ0v) is 20.3. The largest absolute Gasteiger partial charge is 0.507 e. The molecular weight excluding hydrogens is 547 g/mol. The number of rotatable bonds is 8. The van der Waals surface area contributed by atoms with Gasteiger partial charge in [0.05, 0.1) is 12.4 Å². The van der Waals surface area contributed by atoms with Gasteiger partial charge in [0.1, 0.15) is 31.4 Å². The summed E-state index contributed by atoms with van der Waals surface area (Å²) in [6.45, 7) is 0.183.